The lowest BCUT2D eigenvalue weighted by Crippen LogP contribution is -2.28. The van der Waals surface area contributed by atoms with E-state index in [9.17, 15) is 4.39 Å². The molecule has 1 aliphatic rings. The quantitative estimate of drug-likeness (QED) is 0.800. The molecule has 0 amide bonds. The lowest BCUT2D eigenvalue weighted by molar-refractivity contribution is 0.413. The number of benzene rings is 2. The van der Waals surface area contributed by atoms with Crippen LogP contribution in [-0.4, -0.2) is 21.9 Å². The standard InChI is InChI=1S/C18H17FN4O/c1-24-15-8-4-12(5-9-15)16-10-17(13-2-6-14(19)7-3-13)23-18(22-16)20-11-21-23/h2-9,11,16-17H,10H2,1H3,(H,20,21,22)/t16-,17+/m1/s1. The maximum atomic E-state index is 13.2. The summed E-state index contributed by atoms with van der Waals surface area (Å²) in [7, 11) is 1.65. The first kappa shape index (κ1) is 14.7. The van der Waals surface area contributed by atoms with Gasteiger partial charge in [-0.25, -0.2) is 9.07 Å². The van der Waals surface area contributed by atoms with Crippen LogP contribution in [0.5, 0.6) is 5.75 Å². The van der Waals surface area contributed by atoms with Gasteiger partial charge in [0.2, 0.25) is 5.95 Å². The van der Waals surface area contributed by atoms with Gasteiger partial charge in [-0.1, -0.05) is 24.3 Å². The highest BCUT2D eigenvalue weighted by Gasteiger charge is 2.29. The van der Waals surface area contributed by atoms with Crippen molar-refractivity contribution in [3.8, 4) is 5.75 Å². The molecule has 3 aromatic rings. The minimum absolute atomic E-state index is 0.0106. The number of aromatic nitrogens is 3. The molecule has 2 heterocycles. The predicted octanol–water partition coefficient (Wildman–Crippen LogP) is 3.57. The SMILES string of the molecule is COc1ccc([C@H]2C[C@@H](c3ccc(F)cc3)n3ncnc3N2)cc1. The van der Waals surface area contributed by atoms with Crippen LogP contribution >= 0.6 is 0 Å². The summed E-state index contributed by atoms with van der Waals surface area (Å²) in [4.78, 5) is 4.30. The average Bonchev–Trinajstić information content (AvgIpc) is 3.10. The van der Waals surface area contributed by atoms with Gasteiger partial charge in [0.1, 0.15) is 17.9 Å². The maximum Gasteiger partial charge on any atom is 0.222 e. The molecule has 0 radical (unpaired) electrons. The van der Waals surface area contributed by atoms with Gasteiger partial charge in [-0.05, 0) is 41.8 Å². The molecule has 4 rings (SSSR count). The molecule has 2 atom stereocenters. The molecule has 0 unspecified atom stereocenters. The van der Waals surface area contributed by atoms with E-state index in [1.165, 1.54) is 18.5 Å². The summed E-state index contributed by atoms with van der Waals surface area (Å²) in [6.07, 6.45) is 2.34. The molecule has 6 heteroatoms. The van der Waals surface area contributed by atoms with Crippen LogP contribution < -0.4 is 10.1 Å². The molecular weight excluding hydrogens is 307 g/mol. The first-order chi connectivity index (χ1) is 11.7. The topological polar surface area (TPSA) is 52.0 Å². The van der Waals surface area contributed by atoms with Crippen LogP contribution in [0, 0.1) is 5.82 Å². The van der Waals surface area contributed by atoms with Crippen LogP contribution in [0.15, 0.2) is 54.9 Å². The normalized spacial score (nSPS) is 19.4. The van der Waals surface area contributed by atoms with E-state index in [-0.39, 0.29) is 17.9 Å². The molecule has 122 valence electrons. The van der Waals surface area contributed by atoms with E-state index >= 15 is 0 Å². The Morgan fingerprint density at radius 2 is 1.79 bits per heavy atom. The first-order valence-corrected chi connectivity index (χ1v) is 7.80. The van der Waals surface area contributed by atoms with Crippen molar-refractivity contribution in [3.05, 3.63) is 71.8 Å². The van der Waals surface area contributed by atoms with Crippen molar-refractivity contribution in [2.75, 3.05) is 12.4 Å². The molecule has 0 saturated carbocycles. The molecule has 0 spiro atoms. The molecule has 0 fully saturated rings. The van der Waals surface area contributed by atoms with E-state index in [4.69, 9.17) is 4.74 Å². The largest absolute Gasteiger partial charge is 0.497 e. The van der Waals surface area contributed by atoms with E-state index < -0.39 is 0 Å². The van der Waals surface area contributed by atoms with E-state index in [1.54, 1.807) is 7.11 Å². The number of rotatable bonds is 3. The second kappa shape index (κ2) is 5.96. The Labute approximate surface area is 139 Å². The molecule has 2 aromatic carbocycles. The highest BCUT2D eigenvalue weighted by atomic mass is 19.1. The van der Waals surface area contributed by atoms with Crippen LogP contribution in [-0.2, 0) is 0 Å². The molecule has 0 aliphatic carbocycles. The number of anilines is 1. The van der Waals surface area contributed by atoms with Crippen LogP contribution in [0.1, 0.15) is 29.6 Å². The monoisotopic (exact) mass is 324 g/mol. The lowest BCUT2D eigenvalue weighted by Gasteiger charge is -2.31. The number of ether oxygens (including phenoxy) is 1. The Morgan fingerprint density at radius 1 is 1.08 bits per heavy atom. The molecule has 1 aromatic heterocycles. The molecule has 24 heavy (non-hydrogen) atoms. The Morgan fingerprint density at radius 3 is 2.50 bits per heavy atom. The third-order valence-electron chi connectivity index (χ3n) is 4.40. The lowest BCUT2D eigenvalue weighted by atomic mass is 9.93. The van der Waals surface area contributed by atoms with Crippen LogP contribution in [0.4, 0.5) is 10.3 Å². The summed E-state index contributed by atoms with van der Waals surface area (Å²) in [5.74, 6) is 1.31. The van der Waals surface area contributed by atoms with E-state index in [2.05, 4.69) is 15.4 Å². The van der Waals surface area contributed by atoms with E-state index in [1.807, 2.05) is 41.1 Å². The number of fused-ring (bicyclic) bond motifs is 1. The second-order valence-corrected chi connectivity index (χ2v) is 5.80. The zero-order valence-corrected chi connectivity index (χ0v) is 13.2. The van der Waals surface area contributed by atoms with Gasteiger partial charge in [0.25, 0.3) is 0 Å². The molecule has 1 N–H and O–H groups in total. The Balaban J connectivity index is 1.68. The van der Waals surface area contributed by atoms with Crippen molar-refractivity contribution in [2.24, 2.45) is 0 Å². The van der Waals surface area contributed by atoms with Crippen LogP contribution in [0.3, 0.4) is 0 Å². The molecule has 0 saturated heterocycles. The van der Waals surface area contributed by atoms with Gasteiger partial charge < -0.3 is 10.1 Å². The van der Waals surface area contributed by atoms with Gasteiger partial charge in [-0.15, -0.1) is 0 Å². The summed E-state index contributed by atoms with van der Waals surface area (Å²) in [5.41, 5.74) is 2.17. The minimum Gasteiger partial charge on any atom is -0.497 e. The van der Waals surface area contributed by atoms with Gasteiger partial charge in [-0.2, -0.15) is 10.1 Å². The van der Waals surface area contributed by atoms with Gasteiger partial charge in [0.15, 0.2) is 0 Å². The Bertz CT molecular complexity index is 829. The van der Waals surface area contributed by atoms with Crippen molar-refractivity contribution < 1.29 is 9.13 Å². The third kappa shape index (κ3) is 2.60. The fraction of sp³-hybridized carbons (Fsp3) is 0.222. The fourth-order valence-electron chi connectivity index (χ4n) is 3.14. The van der Waals surface area contributed by atoms with Crippen molar-refractivity contribution >= 4 is 5.95 Å². The van der Waals surface area contributed by atoms with Crippen molar-refractivity contribution in [2.45, 2.75) is 18.5 Å². The maximum absolute atomic E-state index is 13.2. The van der Waals surface area contributed by atoms with Crippen molar-refractivity contribution in [3.63, 3.8) is 0 Å². The van der Waals surface area contributed by atoms with E-state index in [0.29, 0.717) is 0 Å². The zero-order valence-electron chi connectivity index (χ0n) is 13.2. The minimum atomic E-state index is -0.238. The molecule has 1 aliphatic heterocycles. The Kier molecular flexibility index (Phi) is 3.65. The zero-order chi connectivity index (χ0) is 16.5. The Hall–Kier alpha value is -2.89. The number of hydrogen-bond acceptors (Lipinski definition) is 4. The summed E-state index contributed by atoms with van der Waals surface area (Å²) in [5, 5.41) is 7.74. The van der Waals surface area contributed by atoms with Crippen molar-refractivity contribution in [1.29, 1.82) is 0 Å². The molecule has 5 nitrogen and oxygen atoms in total. The van der Waals surface area contributed by atoms with Gasteiger partial charge in [-0.3, -0.25) is 0 Å². The number of methoxy groups -OCH3 is 1. The molecule has 0 bridgehead atoms. The van der Waals surface area contributed by atoms with Crippen LogP contribution in [0.2, 0.25) is 0 Å². The van der Waals surface area contributed by atoms with Crippen LogP contribution in [0.25, 0.3) is 0 Å². The summed E-state index contributed by atoms with van der Waals surface area (Å²) in [6, 6.07) is 14.7. The summed E-state index contributed by atoms with van der Waals surface area (Å²) >= 11 is 0. The van der Waals surface area contributed by atoms with Crippen molar-refractivity contribution in [1.82, 2.24) is 14.8 Å². The van der Waals surface area contributed by atoms with Gasteiger partial charge >= 0.3 is 0 Å². The first-order valence-electron chi connectivity index (χ1n) is 7.80. The van der Waals surface area contributed by atoms with Gasteiger partial charge in [0.05, 0.1) is 19.2 Å². The fourth-order valence-corrected chi connectivity index (χ4v) is 3.14. The predicted molar refractivity (Wildman–Crippen MR) is 88.5 cm³/mol. The summed E-state index contributed by atoms with van der Waals surface area (Å²) in [6.45, 7) is 0. The van der Waals surface area contributed by atoms with Gasteiger partial charge in [0, 0.05) is 0 Å². The average molecular weight is 324 g/mol. The van der Waals surface area contributed by atoms with E-state index in [0.717, 1.165) is 29.2 Å². The smallest absolute Gasteiger partial charge is 0.222 e. The highest BCUT2D eigenvalue weighted by Crippen LogP contribution is 2.37. The highest BCUT2D eigenvalue weighted by molar-refractivity contribution is 5.39. The number of halogens is 1. The summed E-state index contributed by atoms with van der Waals surface area (Å²) < 4.78 is 20.3. The number of nitrogens with zero attached hydrogens (tertiary/aromatic N) is 3. The number of hydrogen-bond donors (Lipinski definition) is 1. The number of nitrogens with one attached hydrogen (secondary N) is 1. The molecular formula is C18H17FN4O. The second-order valence-electron chi connectivity index (χ2n) is 5.80. The third-order valence-corrected chi connectivity index (χ3v) is 4.40.